The van der Waals surface area contributed by atoms with E-state index in [2.05, 4.69) is 75.5 Å². The fourth-order valence-electron chi connectivity index (χ4n) is 2.86. The zero-order valence-corrected chi connectivity index (χ0v) is 17.8. The average molecular weight is 468 g/mol. The van der Waals surface area contributed by atoms with E-state index in [1.807, 2.05) is 0 Å². The van der Waals surface area contributed by atoms with Gasteiger partial charge >= 0.3 is 0 Å². The summed E-state index contributed by atoms with van der Waals surface area (Å²) in [5.41, 5.74) is 5.10. The Labute approximate surface area is 170 Å². The van der Waals surface area contributed by atoms with Crippen LogP contribution < -0.4 is 10.6 Å². The topological polar surface area (TPSA) is 52.2 Å². The summed E-state index contributed by atoms with van der Waals surface area (Å²) in [5.74, 6) is 0.876. The number of aliphatic imine (C=N–C) groups is 1. The molecule has 0 atom stereocenters. The van der Waals surface area contributed by atoms with E-state index in [0.717, 1.165) is 25.5 Å². The summed E-state index contributed by atoms with van der Waals surface area (Å²) >= 11 is 1.71. The third-order valence-electron chi connectivity index (χ3n) is 4.04. The first-order valence-electron chi connectivity index (χ1n) is 8.37. The number of halogens is 1. The van der Waals surface area contributed by atoms with Crippen molar-refractivity contribution in [2.75, 3.05) is 13.1 Å². The second kappa shape index (κ2) is 9.82. The van der Waals surface area contributed by atoms with Crippen LogP contribution in [-0.4, -0.2) is 24.0 Å². The SMILES string of the molecule is CCNC(=NCc1ccsc1)NCCc1c(C)[nH]c2ccccc12.I. The number of aromatic nitrogens is 1. The van der Waals surface area contributed by atoms with E-state index in [-0.39, 0.29) is 24.0 Å². The molecule has 0 amide bonds. The van der Waals surface area contributed by atoms with E-state index < -0.39 is 0 Å². The van der Waals surface area contributed by atoms with E-state index in [1.54, 1.807) is 11.3 Å². The molecule has 1 aromatic carbocycles. The minimum atomic E-state index is 0. The Bertz CT molecular complexity index is 808. The molecule has 0 unspecified atom stereocenters. The van der Waals surface area contributed by atoms with Gasteiger partial charge in [-0.05, 0) is 54.3 Å². The number of nitrogens with zero attached hydrogens (tertiary/aromatic N) is 1. The highest BCUT2D eigenvalue weighted by Crippen LogP contribution is 2.21. The Kier molecular flexibility index (Phi) is 7.77. The van der Waals surface area contributed by atoms with Gasteiger partial charge in [0.15, 0.2) is 5.96 Å². The van der Waals surface area contributed by atoms with Gasteiger partial charge in [0, 0.05) is 29.7 Å². The van der Waals surface area contributed by atoms with Crippen molar-refractivity contribution in [3.8, 4) is 0 Å². The van der Waals surface area contributed by atoms with Gasteiger partial charge in [0.25, 0.3) is 0 Å². The largest absolute Gasteiger partial charge is 0.358 e. The molecule has 0 fully saturated rings. The Hall–Kier alpha value is -1.54. The average Bonchev–Trinajstić information content (AvgIpc) is 3.20. The second-order valence-corrected chi connectivity index (χ2v) is 6.56. The molecule has 0 aliphatic rings. The highest BCUT2D eigenvalue weighted by Gasteiger charge is 2.07. The van der Waals surface area contributed by atoms with Crippen LogP contribution in [0.5, 0.6) is 0 Å². The van der Waals surface area contributed by atoms with Crippen LogP contribution in [0.15, 0.2) is 46.1 Å². The summed E-state index contributed by atoms with van der Waals surface area (Å²) in [6.07, 6.45) is 0.971. The number of hydrogen-bond acceptors (Lipinski definition) is 2. The molecule has 3 N–H and O–H groups in total. The maximum absolute atomic E-state index is 4.65. The molecule has 0 saturated heterocycles. The van der Waals surface area contributed by atoms with Gasteiger partial charge in [0.2, 0.25) is 0 Å². The van der Waals surface area contributed by atoms with Crippen LogP contribution in [-0.2, 0) is 13.0 Å². The Balaban J connectivity index is 0.00000225. The van der Waals surface area contributed by atoms with E-state index in [9.17, 15) is 0 Å². The molecule has 0 aliphatic carbocycles. The van der Waals surface area contributed by atoms with E-state index in [0.29, 0.717) is 6.54 Å². The third-order valence-corrected chi connectivity index (χ3v) is 4.77. The van der Waals surface area contributed by atoms with Gasteiger partial charge in [-0.15, -0.1) is 24.0 Å². The van der Waals surface area contributed by atoms with Crippen molar-refractivity contribution in [2.24, 2.45) is 4.99 Å². The first-order chi connectivity index (χ1) is 11.8. The molecule has 4 nitrogen and oxygen atoms in total. The number of H-pyrrole nitrogens is 1. The van der Waals surface area contributed by atoms with Crippen molar-refractivity contribution in [1.82, 2.24) is 15.6 Å². The van der Waals surface area contributed by atoms with Gasteiger partial charge in [-0.25, -0.2) is 4.99 Å². The van der Waals surface area contributed by atoms with Gasteiger partial charge in [0.1, 0.15) is 0 Å². The molecular formula is C19H25IN4S. The smallest absolute Gasteiger partial charge is 0.191 e. The molecule has 134 valence electrons. The molecule has 0 spiro atoms. The molecule has 2 aromatic heterocycles. The number of hydrogen-bond donors (Lipinski definition) is 3. The third kappa shape index (κ3) is 5.22. The van der Waals surface area contributed by atoms with E-state index >= 15 is 0 Å². The molecule has 2 heterocycles. The predicted octanol–water partition coefficient (Wildman–Crippen LogP) is 4.45. The number of benzene rings is 1. The quantitative estimate of drug-likeness (QED) is 0.285. The Morgan fingerprint density at radius 3 is 2.80 bits per heavy atom. The first kappa shape index (κ1) is 19.8. The molecule has 0 radical (unpaired) electrons. The highest BCUT2D eigenvalue weighted by atomic mass is 127. The van der Waals surface area contributed by atoms with Crippen LogP contribution in [0.4, 0.5) is 0 Å². The maximum Gasteiger partial charge on any atom is 0.191 e. The Morgan fingerprint density at radius 2 is 2.04 bits per heavy atom. The van der Waals surface area contributed by atoms with Gasteiger partial charge in [-0.1, -0.05) is 18.2 Å². The van der Waals surface area contributed by atoms with Crippen molar-refractivity contribution in [1.29, 1.82) is 0 Å². The number of rotatable bonds is 6. The van der Waals surface area contributed by atoms with Gasteiger partial charge in [-0.2, -0.15) is 11.3 Å². The number of para-hydroxylation sites is 1. The van der Waals surface area contributed by atoms with Crippen LogP contribution in [0, 0.1) is 6.92 Å². The van der Waals surface area contributed by atoms with Crippen molar-refractivity contribution in [3.63, 3.8) is 0 Å². The second-order valence-electron chi connectivity index (χ2n) is 5.78. The molecule has 6 heteroatoms. The fourth-order valence-corrected chi connectivity index (χ4v) is 3.52. The van der Waals surface area contributed by atoms with E-state index in [1.165, 1.54) is 27.7 Å². The van der Waals surface area contributed by atoms with Crippen LogP contribution in [0.3, 0.4) is 0 Å². The first-order valence-corrected chi connectivity index (χ1v) is 9.31. The summed E-state index contributed by atoms with van der Waals surface area (Å²) in [4.78, 5) is 8.11. The Morgan fingerprint density at radius 1 is 1.20 bits per heavy atom. The lowest BCUT2D eigenvalue weighted by atomic mass is 10.1. The van der Waals surface area contributed by atoms with Crippen molar-refractivity contribution in [2.45, 2.75) is 26.8 Å². The molecule has 0 saturated carbocycles. The summed E-state index contributed by atoms with van der Waals surface area (Å²) < 4.78 is 0. The zero-order chi connectivity index (χ0) is 16.8. The summed E-state index contributed by atoms with van der Waals surface area (Å²) in [5, 5.41) is 12.3. The molecular weight excluding hydrogens is 443 g/mol. The molecule has 0 aliphatic heterocycles. The monoisotopic (exact) mass is 468 g/mol. The lowest BCUT2D eigenvalue weighted by Gasteiger charge is -2.11. The normalized spacial score (nSPS) is 11.4. The number of nitrogens with one attached hydrogen (secondary N) is 3. The maximum atomic E-state index is 4.65. The lowest BCUT2D eigenvalue weighted by molar-refractivity contribution is 0.799. The van der Waals surface area contributed by atoms with Crippen molar-refractivity contribution >= 4 is 52.2 Å². The number of fused-ring (bicyclic) bond motifs is 1. The predicted molar refractivity (Wildman–Crippen MR) is 119 cm³/mol. The zero-order valence-electron chi connectivity index (χ0n) is 14.6. The summed E-state index contributed by atoms with van der Waals surface area (Å²) in [6.45, 7) is 6.67. The minimum absolute atomic E-state index is 0. The molecule has 3 rings (SSSR count). The lowest BCUT2D eigenvalue weighted by Crippen LogP contribution is -2.38. The van der Waals surface area contributed by atoms with Crippen LogP contribution >= 0.6 is 35.3 Å². The van der Waals surface area contributed by atoms with Gasteiger partial charge < -0.3 is 15.6 Å². The van der Waals surface area contributed by atoms with Crippen LogP contribution in [0.1, 0.15) is 23.7 Å². The molecule has 3 aromatic rings. The summed E-state index contributed by atoms with van der Waals surface area (Å²) in [7, 11) is 0. The minimum Gasteiger partial charge on any atom is -0.358 e. The number of aromatic amines is 1. The number of aryl methyl sites for hydroxylation is 1. The molecule has 25 heavy (non-hydrogen) atoms. The number of guanidine groups is 1. The van der Waals surface area contributed by atoms with Crippen molar-refractivity contribution in [3.05, 3.63) is 57.9 Å². The highest BCUT2D eigenvalue weighted by molar-refractivity contribution is 14.0. The number of thiophene rings is 1. The van der Waals surface area contributed by atoms with Crippen LogP contribution in [0.2, 0.25) is 0 Å². The van der Waals surface area contributed by atoms with Gasteiger partial charge in [-0.3, -0.25) is 0 Å². The summed E-state index contributed by atoms with van der Waals surface area (Å²) in [6, 6.07) is 10.6. The molecule has 0 bridgehead atoms. The van der Waals surface area contributed by atoms with Gasteiger partial charge in [0.05, 0.1) is 6.54 Å². The fraction of sp³-hybridized carbons (Fsp3) is 0.316. The van der Waals surface area contributed by atoms with Crippen LogP contribution in [0.25, 0.3) is 10.9 Å². The van der Waals surface area contributed by atoms with E-state index in [4.69, 9.17) is 0 Å². The standard InChI is InChI=1S/C19H24N4S.HI/c1-3-20-19(22-12-15-9-11-24-13-15)21-10-8-16-14(2)23-18-7-5-4-6-17(16)18;/h4-7,9,11,13,23H,3,8,10,12H2,1-2H3,(H2,20,21,22);1H. The van der Waals surface area contributed by atoms with Crippen molar-refractivity contribution < 1.29 is 0 Å².